The van der Waals surface area contributed by atoms with E-state index in [0.29, 0.717) is 24.7 Å². The van der Waals surface area contributed by atoms with Crippen LogP contribution in [0.3, 0.4) is 0 Å². The van der Waals surface area contributed by atoms with Crippen molar-refractivity contribution in [1.82, 2.24) is 19.9 Å². The Bertz CT molecular complexity index is 415. The van der Waals surface area contributed by atoms with Gasteiger partial charge in [0.15, 0.2) is 5.82 Å². The monoisotopic (exact) mass is 268 g/mol. The molecule has 0 aromatic carbocycles. The molecular weight excluding hydrogens is 244 g/mol. The normalized spacial score (nSPS) is 13.1. The van der Waals surface area contributed by atoms with Gasteiger partial charge in [-0.2, -0.15) is 4.98 Å². The second-order valence-corrected chi connectivity index (χ2v) is 5.35. The quantitative estimate of drug-likeness (QED) is 0.774. The van der Waals surface area contributed by atoms with Crippen LogP contribution >= 0.6 is 0 Å². The fourth-order valence-corrected chi connectivity index (χ4v) is 1.52. The van der Waals surface area contributed by atoms with Gasteiger partial charge in [0.05, 0.1) is 6.04 Å². The van der Waals surface area contributed by atoms with Gasteiger partial charge in [0.1, 0.15) is 0 Å². The molecule has 0 N–H and O–H groups in total. The summed E-state index contributed by atoms with van der Waals surface area (Å²) in [5, 5.41) is 3.91. The average molecular weight is 268 g/mol. The van der Waals surface area contributed by atoms with Crippen LogP contribution in [0.5, 0.6) is 0 Å². The molecule has 0 fully saturated rings. The Morgan fingerprint density at radius 1 is 1.26 bits per heavy atom. The van der Waals surface area contributed by atoms with E-state index in [9.17, 15) is 4.79 Å². The van der Waals surface area contributed by atoms with E-state index in [1.54, 1.807) is 11.9 Å². The molecule has 19 heavy (non-hydrogen) atoms. The van der Waals surface area contributed by atoms with Gasteiger partial charge >= 0.3 is 0 Å². The summed E-state index contributed by atoms with van der Waals surface area (Å²) in [4.78, 5) is 19.9. The Morgan fingerprint density at radius 3 is 2.37 bits per heavy atom. The molecule has 108 valence electrons. The molecular formula is C13H24N4O2. The summed E-state index contributed by atoms with van der Waals surface area (Å²) >= 11 is 0. The maximum Gasteiger partial charge on any atom is 0.239 e. The zero-order valence-corrected chi connectivity index (χ0v) is 12.7. The second-order valence-electron chi connectivity index (χ2n) is 5.35. The van der Waals surface area contributed by atoms with Crippen LogP contribution in [0, 0.1) is 0 Å². The molecule has 0 radical (unpaired) electrons. The lowest BCUT2D eigenvalue weighted by molar-refractivity contribution is -0.134. The summed E-state index contributed by atoms with van der Waals surface area (Å²) in [7, 11) is 5.58. The highest BCUT2D eigenvalue weighted by Gasteiger charge is 2.19. The van der Waals surface area contributed by atoms with Crippen LogP contribution in [-0.2, 0) is 11.2 Å². The summed E-state index contributed by atoms with van der Waals surface area (Å²) in [5.74, 6) is 1.62. The molecule has 0 aliphatic carbocycles. The highest BCUT2D eigenvalue weighted by Crippen LogP contribution is 2.11. The first-order chi connectivity index (χ1) is 8.82. The van der Waals surface area contributed by atoms with E-state index in [1.165, 1.54) is 0 Å². The lowest BCUT2D eigenvalue weighted by atomic mass is 10.2. The van der Waals surface area contributed by atoms with Crippen LogP contribution in [0.15, 0.2) is 4.52 Å². The van der Waals surface area contributed by atoms with E-state index < -0.39 is 0 Å². The molecule has 1 aromatic rings. The summed E-state index contributed by atoms with van der Waals surface area (Å²) in [6.45, 7) is 6.50. The predicted octanol–water partition coefficient (Wildman–Crippen LogP) is 1.14. The van der Waals surface area contributed by atoms with Crippen molar-refractivity contribution in [3.8, 4) is 0 Å². The first-order valence-corrected chi connectivity index (χ1v) is 6.56. The number of amides is 1. The average Bonchev–Trinajstić information content (AvgIpc) is 2.82. The van der Waals surface area contributed by atoms with Crippen LogP contribution < -0.4 is 0 Å². The van der Waals surface area contributed by atoms with E-state index in [2.05, 4.69) is 10.1 Å². The SMILES string of the molecule is CC(C)c1nc(CCN(C)C(=O)C(C)N(C)C)no1. The second kappa shape index (κ2) is 6.65. The molecule has 1 unspecified atom stereocenters. The van der Waals surface area contributed by atoms with Crippen molar-refractivity contribution >= 4 is 5.91 Å². The fraction of sp³-hybridized carbons (Fsp3) is 0.769. The minimum absolute atomic E-state index is 0.0950. The first-order valence-electron chi connectivity index (χ1n) is 6.56. The molecule has 1 amide bonds. The molecule has 0 saturated heterocycles. The van der Waals surface area contributed by atoms with Gasteiger partial charge in [-0.1, -0.05) is 19.0 Å². The number of hydrogen-bond donors (Lipinski definition) is 0. The topological polar surface area (TPSA) is 62.5 Å². The van der Waals surface area contributed by atoms with Crippen molar-refractivity contribution in [3.63, 3.8) is 0 Å². The van der Waals surface area contributed by atoms with Crippen molar-refractivity contribution in [2.75, 3.05) is 27.7 Å². The maximum absolute atomic E-state index is 12.0. The van der Waals surface area contributed by atoms with E-state index in [0.717, 1.165) is 0 Å². The molecule has 0 bridgehead atoms. The lowest BCUT2D eigenvalue weighted by Gasteiger charge is -2.25. The number of carbonyl (C=O) groups excluding carboxylic acids is 1. The van der Waals surface area contributed by atoms with Gasteiger partial charge < -0.3 is 9.42 Å². The molecule has 0 saturated carbocycles. The van der Waals surface area contributed by atoms with E-state index in [4.69, 9.17) is 4.52 Å². The highest BCUT2D eigenvalue weighted by molar-refractivity contribution is 5.81. The van der Waals surface area contributed by atoms with Gasteiger partial charge in [-0.15, -0.1) is 0 Å². The smallest absolute Gasteiger partial charge is 0.239 e. The lowest BCUT2D eigenvalue weighted by Crippen LogP contribution is -2.43. The largest absolute Gasteiger partial charge is 0.344 e. The molecule has 6 heteroatoms. The van der Waals surface area contributed by atoms with Crippen molar-refractivity contribution in [2.24, 2.45) is 0 Å². The van der Waals surface area contributed by atoms with Crippen molar-refractivity contribution < 1.29 is 9.32 Å². The Hall–Kier alpha value is -1.43. The van der Waals surface area contributed by atoms with Gasteiger partial charge in [-0.05, 0) is 21.0 Å². The Labute approximate surface area is 114 Å². The third kappa shape index (κ3) is 4.31. The maximum atomic E-state index is 12.0. The molecule has 1 rings (SSSR count). The van der Waals surface area contributed by atoms with Crippen LogP contribution in [0.2, 0.25) is 0 Å². The summed E-state index contributed by atoms with van der Waals surface area (Å²) in [5.41, 5.74) is 0. The number of aromatic nitrogens is 2. The fourth-order valence-electron chi connectivity index (χ4n) is 1.52. The number of hydrogen-bond acceptors (Lipinski definition) is 5. The molecule has 0 aliphatic rings. The Kier molecular flexibility index (Phi) is 5.47. The van der Waals surface area contributed by atoms with Crippen molar-refractivity contribution in [3.05, 3.63) is 11.7 Å². The number of likely N-dealkylation sites (N-methyl/N-ethyl adjacent to an activating group) is 2. The van der Waals surface area contributed by atoms with E-state index in [1.807, 2.05) is 39.8 Å². The van der Waals surface area contributed by atoms with Crippen LogP contribution in [0.4, 0.5) is 0 Å². The van der Waals surface area contributed by atoms with E-state index >= 15 is 0 Å². The number of carbonyl (C=O) groups is 1. The van der Waals surface area contributed by atoms with Gasteiger partial charge in [0.25, 0.3) is 0 Å². The number of nitrogens with zero attached hydrogens (tertiary/aromatic N) is 4. The molecule has 0 aliphatic heterocycles. The van der Waals surface area contributed by atoms with Gasteiger partial charge in [0, 0.05) is 25.9 Å². The van der Waals surface area contributed by atoms with Crippen LogP contribution in [0.25, 0.3) is 0 Å². The summed E-state index contributed by atoms with van der Waals surface area (Å²) in [6, 6.07) is -0.124. The van der Waals surface area contributed by atoms with Gasteiger partial charge in [-0.25, -0.2) is 0 Å². The minimum atomic E-state index is -0.124. The molecule has 0 spiro atoms. The molecule has 6 nitrogen and oxygen atoms in total. The van der Waals surface area contributed by atoms with Gasteiger partial charge in [0.2, 0.25) is 11.8 Å². The standard InChI is InChI=1S/C13H24N4O2/c1-9(2)12-14-11(15-19-12)7-8-17(6)13(18)10(3)16(4)5/h9-10H,7-8H2,1-6H3. The molecule has 1 heterocycles. The Morgan fingerprint density at radius 2 is 1.89 bits per heavy atom. The number of rotatable bonds is 6. The predicted molar refractivity (Wildman–Crippen MR) is 72.9 cm³/mol. The van der Waals surface area contributed by atoms with Crippen molar-refractivity contribution in [2.45, 2.75) is 39.2 Å². The summed E-state index contributed by atoms with van der Waals surface area (Å²) < 4.78 is 5.13. The zero-order valence-electron chi connectivity index (χ0n) is 12.7. The highest BCUT2D eigenvalue weighted by atomic mass is 16.5. The van der Waals surface area contributed by atoms with Gasteiger partial charge in [-0.3, -0.25) is 9.69 Å². The van der Waals surface area contributed by atoms with E-state index in [-0.39, 0.29) is 17.9 Å². The Balaban J connectivity index is 2.49. The molecule has 1 atom stereocenters. The zero-order chi connectivity index (χ0) is 14.6. The van der Waals surface area contributed by atoms with Crippen molar-refractivity contribution in [1.29, 1.82) is 0 Å². The third-order valence-corrected chi connectivity index (χ3v) is 3.16. The summed E-state index contributed by atoms with van der Waals surface area (Å²) in [6.07, 6.45) is 0.610. The minimum Gasteiger partial charge on any atom is -0.344 e. The van der Waals surface area contributed by atoms with Crippen LogP contribution in [-0.4, -0.2) is 59.6 Å². The third-order valence-electron chi connectivity index (χ3n) is 3.16. The molecule has 1 aromatic heterocycles. The first kappa shape index (κ1) is 15.6. The van der Waals surface area contributed by atoms with Crippen LogP contribution in [0.1, 0.15) is 38.4 Å².